The third-order valence-electron chi connectivity index (χ3n) is 10.7. The molecule has 0 fully saturated rings. The highest BCUT2D eigenvalue weighted by Gasteiger charge is 2.39. The van der Waals surface area contributed by atoms with Crippen LogP contribution in [0, 0.1) is 25.2 Å². The van der Waals surface area contributed by atoms with E-state index in [1.165, 1.54) is 16.2 Å². The zero-order chi connectivity index (χ0) is 42.8. The molecule has 0 saturated heterocycles. The first kappa shape index (κ1) is 41.3. The summed E-state index contributed by atoms with van der Waals surface area (Å²) in [5, 5.41) is 23.8. The van der Waals surface area contributed by atoms with Gasteiger partial charge >= 0.3 is 5.97 Å². The van der Waals surface area contributed by atoms with Gasteiger partial charge in [-0.1, -0.05) is 77.8 Å². The number of aliphatic carboxylic acids is 1. The zero-order valence-corrected chi connectivity index (χ0v) is 35.3. The van der Waals surface area contributed by atoms with Crippen LogP contribution in [-0.4, -0.2) is 51.5 Å². The number of carbonyl (C=O) groups is 3. The second-order valence-electron chi connectivity index (χ2n) is 14.9. The molecule has 3 atom stereocenters. The van der Waals surface area contributed by atoms with E-state index >= 15 is 0 Å². The Balaban J connectivity index is 0.986. The molecule has 1 aromatic heterocycles. The monoisotopic (exact) mass is 872 g/mol. The number of aryl methyl sites for hydroxylation is 2. The molecule has 2 amide bonds. The van der Waals surface area contributed by atoms with Crippen molar-refractivity contribution in [3.05, 3.63) is 162 Å². The van der Waals surface area contributed by atoms with Gasteiger partial charge in [0.2, 0.25) is 5.91 Å². The fourth-order valence-corrected chi connectivity index (χ4v) is 8.67. The highest BCUT2D eigenvalue weighted by molar-refractivity contribution is 7.13. The number of nitriles is 1. The summed E-state index contributed by atoms with van der Waals surface area (Å²) in [6, 6.07) is 31.0. The van der Waals surface area contributed by atoms with E-state index < -0.39 is 30.1 Å². The maximum absolute atomic E-state index is 14.3. The van der Waals surface area contributed by atoms with Crippen LogP contribution in [-0.2, 0) is 35.6 Å². The van der Waals surface area contributed by atoms with Gasteiger partial charge in [0.15, 0.2) is 17.6 Å². The average molecular weight is 874 g/mol. The summed E-state index contributed by atoms with van der Waals surface area (Å²) in [6.45, 7) is 4.20. The fraction of sp³-hybridized carbons (Fsp3) is 0.213. The van der Waals surface area contributed by atoms with Crippen molar-refractivity contribution in [3.8, 4) is 34.4 Å². The predicted molar refractivity (Wildman–Crippen MR) is 231 cm³/mol. The molecule has 0 aliphatic carbocycles. The van der Waals surface area contributed by atoms with E-state index in [0.717, 1.165) is 33.4 Å². The number of hydrogen-bond donors (Lipinski definition) is 2. The number of nitrogens with one attached hydrogen (secondary N) is 1. The lowest BCUT2D eigenvalue weighted by Crippen LogP contribution is -2.55. The summed E-state index contributed by atoms with van der Waals surface area (Å²) >= 11 is 13.4. The van der Waals surface area contributed by atoms with Crippen molar-refractivity contribution >= 4 is 52.3 Å². The number of halogens is 2. The Bertz CT molecular complexity index is 2680. The number of thiazole rings is 1. The summed E-state index contributed by atoms with van der Waals surface area (Å²) < 4.78 is 18.6. The van der Waals surface area contributed by atoms with Gasteiger partial charge in [-0.3, -0.25) is 9.59 Å². The van der Waals surface area contributed by atoms with Gasteiger partial charge in [-0.15, -0.1) is 11.3 Å². The van der Waals surface area contributed by atoms with E-state index in [2.05, 4.69) is 16.4 Å². The minimum Gasteiger partial charge on any atom is -0.489 e. The number of nitrogens with zero attached hydrogens (tertiary/aromatic N) is 3. The second kappa shape index (κ2) is 17.7. The normalized spacial score (nSPS) is 15.9. The minimum atomic E-state index is -1.26. The molecule has 0 spiro atoms. The Kier molecular flexibility index (Phi) is 12.0. The number of rotatable bonds is 11. The lowest BCUT2D eigenvalue weighted by atomic mass is 9.91. The lowest BCUT2D eigenvalue weighted by molar-refractivity contribution is -0.142. The highest BCUT2D eigenvalue weighted by atomic mass is 35.5. The Morgan fingerprint density at radius 1 is 0.918 bits per heavy atom. The number of aromatic nitrogens is 1. The van der Waals surface area contributed by atoms with Crippen molar-refractivity contribution in [3.63, 3.8) is 0 Å². The van der Waals surface area contributed by atoms with Crippen molar-refractivity contribution < 1.29 is 33.7 Å². The van der Waals surface area contributed by atoms with Gasteiger partial charge in [-0.2, -0.15) is 5.26 Å². The van der Waals surface area contributed by atoms with Crippen LogP contribution in [0.5, 0.6) is 17.2 Å². The predicted octanol–water partition coefficient (Wildman–Crippen LogP) is 9.08. The Morgan fingerprint density at radius 3 is 2.26 bits per heavy atom. The molecule has 61 heavy (non-hydrogen) atoms. The van der Waals surface area contributed by atoms with Gasteiger partial charge in [-0.05, 0) is 101 Å². The van der Waals surface area contributed by atoms with E-state index in [0.29, 0.717) is 60.6 Å². The van der Waals surface area contributed by atoms with Crippen LogP contribution in [0.2, 0.25) is 10.0 Å². The Labute approximate surface area is 366 Å². The Hall–Kier alpha value is -6.39. The van der Waals surface area contributed by atoms with Crippen LogP contribution in [0.25, 0.3) is 11.1 Å². The van der Waals surface area contributed by atoms with Gasteiger partial charge in [0, 0.05) is 19.4 Å². The first-order chi connectivity index (χ1) is 29.4. The molecular weight excluding hydrogens is 836 g/mol. The summed E-state index contributed by atoms with van der Waals surface area (Å²) in [6.07, 6.45) is -0.274. The van der Waals surface area contributed by atoms with Crippen LogP contribution in [0.3, 0.4) is 0 Å². The summed E-state index contributed by atoms with van der Waals surface area (Å²) in [5.74, 6) is -0.469. The van der Waals surface area contributed by atoms with E-state index in [1.807, 2.05) is 85.8 Å². The van der Waals surface area contributed by atoms with Crippen LogP contribution in [0.4, 0.5) is 0 Å². The molecule has 0 saturated carbocycles. The second-order valence-corrected chi connectivity index (χ2v) is 16.9. The zero-order valence-electron chi connectivity index (χ0n) is 33.0. The number of fused-ring (bicyclic) bond motifs is 2. The van der Waals surface area contributed by atoms with Crippen molar-refractivity contribution in [1.29, 1.82) is 5.26 Å². The molecule has 2 N–H and O–H groups in total. The summed E-state index contributed by atoms with van der Waals surface area (Å²) in [7, 11) is 0. The fourth-order valence-electron chi connectivity index (χ4n) is 7.47. The first-order valence-corrected chi connectivity index (χ1v) is 21.0. The van der Waals surface area contributed by atoms with Crippen molar-refractivity contribution in [2.24, 2.45) is 0 Å². The van der Waals surface area contributed by atoms with E-state index in [4.69, 9.17) is 42.7 Å². The number of carboxylic acids is 1. The number of ether oxygens (including phenoxy) is 3. The molecule has 2 aliphatic heterocycles. The van der Waals surface area contributed by atoms with Crippen molar-refractivity contribution in [1.82, 2.24) is 15.2 Å². The highest BCUT2D eigenvalue weighted by Crippen LogP contribution is 2.41. The summed E-state index contributed by atoms with van der Waals surface area (Å²) in [5.41, 5.74) is 6.96. The Morgan fingerprint density at radius 2 is 1.61 bits per heavy atom. The van der Waals surface area contributed by atoms with Crippen LogP contribution in [0.1, 0.15) is 59.9 Å². The maximum atomic E-state index is 14.3. The first-order valence-electron chi connectivity index (χ1n) is 19.4. The van der Waals surface area contributed by atoms with Gasteiger partial charge < -0.3 is 29.5 Å². The SMILES string of the molecule is Cc1nc(C)c(C(=O)N2Cc3cc4c(cc3CC2C(=O)NC(Cc2ccc(-c3ccc(C#N)cc3)cc2)C(=O)O)OCC(c2ccc(OCc3ccc(Cl)c(Cl)c3)cc2)O4)s1. The largest absolute Gasteiger partial charge is 0.489 e. The molecule has 2 aliphatic rings. The topological polar surface area (TPSA) is 151 Å². The maximum Gasteiger partial charge on any atom is 0.326 e. The van der Waals surface area contributed by atoms with Crippen LogP contribution >= 0.6 is 34.5 Å². The van der Waals surface area contributed by atoms with Gasteiger partial charge in [0.1, 0.15) is 35.9 Å². The van der Waals surface area contributed by atoms with Gasteiger partial charge in [0.05, 0.1) is 32.4 Å². The molecular formula is C47H38Cl2N4O7S. The minimum absolute atomic E-state index is 0.0213. The number of amides is 2. The molecule has 14 heteroatoms. The van der Waals surface area contributed by atoms with E-state index in [1.54, 1.807) is 31.2 Å². The number of carbonyl (C=O) groups excluding carboxylic acids is 2. The average Bonchev–Trinajstić information content (AvgIpc) is 3.62. The molecule has 0 bridgehead atoms. The molecule has 5 aromatic carbocycles. The van der Waals surface area contributed by atoms with E-state index in [-0.39, 0.29) is 31.9 Å². The molecule has 0 radical (unpaired) electrons. The van der Waals surface area contributed by atoms with Crippen molar-refractivity contribution in [2.75, 3.05) is 6.61 Å². The third-order valence-corrected chi connectivity index (χ3v) is 12.5. The van der Waals surface area contributed by atoms with Gasteiger partial charge in [-0.25, -0.2) is 9.78 Å². The molecule has 6 aromatic rings. The van der Waals surface area contributed by atoms with Crippen LogP contribution in [0.15, 0.2) is 103 Å². The van der Waals surface area contributed by atoms with Crippen LogP contribution < -0.4 is 19.5 Å². The smallest absolute Gasteiger partial charge is 0.326 e. The third kappa shape index (κ3) is 9.20. The molecule has 11 nitrogen and oxygen atoms in total. The quantitative estimate of drug-likeness (QED) is 0.130. The van der Waals surface area contributed by atoms with Crippen molar-refractivity contribution in [2.45, 2.75) is 58.0 Å². The molecule has 3 unspecified atom stereocenters. The number of benzene rings is 5. The standard InChI is InChI=1S/C47H38Cl2N4O7S/c1-26-44(61-27(2)51-26)46(55)53-23-35-21-42-41(59-25-43(60-42)33-12-14-36(15-13-33)58-24-30-7-16-37(48)38(49)17-30)20-34(35)19-40(53)45(54)52-39(47(56)57)18-28-3-8-31(9-4-28)32-10-5-29(22-50)6-11-32/h3-17,20-21,39-40,43H,18-19,23-25H2,1-2H3,(H,52,54)(H,56,57). The number of hydrogen-bond acceptors (Lipinski definition) is 9. The summed E-state index contributed by atoms with van der Waals surface area (Å²) in [4.78, 5) is 47.4. The van der Waals surface area contributed by atoms with E-state index in [9.17, 15) is 19.5 Å². The van der Waals surface area contributed by atoms with Gasteiger partial charge in [0.25, 0.3) is 5.91 Å². The lowest BCUT2D eigenvalue weighted by Gasteiger charge is -2.37. The molecule has 3 heterocycles. The number of carboxylic acid groups (broad SMARTS) is 1. The molecule has 8 rings (SSSR count). The molecule has 308 valence electrons.